The number of hydrogen-bond donors (Lipinski definition) is 1. The minimum atomic E-state index is 0.714. The van der Waals surface area contributed by atoms with E-state index in [0.717, 1.165) is 12.1 Å². The molecule has 0 aromatic heterocycles. The zero-order valence-corrected chi connectivity index (χ0v) is 7.29. The van der Waals surface area contributed by atoms with Crippen LogP contribution in [0.2, 0.25) is 0 Å². The molecule has 0 unspecified atom stereocenters. The second kappa shape index (κ2) is 5.75. The Bertz CT molecular complexity index is 198. The highest BCUT2D eigenvalue weighted by molar-refractivity contribution is 5.19. The zero-order chi connectivity index (χ0) is 8.65. The lowest BCUT2D eigenvalue weighted by atomic mass is 10.2. The van der Waals surface area contributed by atoms with Crippen molar-refractivity contribution in [1.29, 1.82) is 0 Å². The summed E-state index contributed by atoms with van der Waals surface area (Å²) >= 11 is 0. The highest BCUT2D eigenvalue weighted by Crippen LogP contribution is 2.01. The van der Waals surface area contributed by atoms with E-state index in [-0.39, 0.29) is 0 Å². The molecule has 2 nitrogen and oxygen atoms in total. The Morgan fingerprint density at radius 1 is 1.33 bits per heavy atom. The van der Waals surface area contributed by atoms with Crippen molar-refractivity contribution < 1.29 is 4.74 Å². The fourth-order valence-corrected chi connectivity index (χ4v) is 0.848. The molecule has 1 N–H and O–H groups in total. The van der Waals surface area contributed by atoms with Gasteiger partial charge in [0.2, 0.25) is 0 Å². The second-order valence-corrected chi connectivity index (χ2v) is 2.50. The third kappa shape index (κ3) is 3.51. The fraction of sp³-hybridized carbons (Fsp3) is 0.300. The first-order valence-electron chi connectivity index (χ1n) is 4.08. The molecule has 12 heavy (non-hydrogen) atoms. The second-order valence-electron chi connectivity index (χ2n) is 2.50. The van der Waals surface area contributed by atoms with Crippen LogP contribution in [0.25, 0.3) is 0 Å². The van der Waals surface area contributed by atoms with Crippen LogP contribution in [-0.2, 0) is 4.74 Å². The van der Waals surface area contributed by atoms with Crippen LogP contribution < -0.4 is 5.32 Å². The van der Waals surface area contributed by atoms with Crippen LogP contribution in [0, 0.1) is 6.61 Å². The molecule has 2 heteroatoms. The van der Waals surface area contributed by atoms with Gasteiger partial charge in [0.1, 0.15) is 6.61 Å². The number of likely N-dealkylation sites (N-methyl/N-ethyl adjacent to an activating group) is 1. The molecule has 1 aromatic rings. The van der Waals surface area contributed by atoms with E-state index in [1.54, 1.807) is 6.61 Å². The summed E-state index contributed by atoms with van der Waals surface area (Å²) in [6.45, 7) is 3.37. The smallest absolute Gasteiger partial charge is 0.113 e. The lowest BCUT2D eigenvalue weighted by Gasteiger charge is -2.01. The van der Waals surface area contributed by atoms with Gasteiger partial charge in [-0.2, -0.15) is 0 Å². The quantitative estimate of drug-likeness (QED) is 0.665. The Morgan fingerprint density at radius 2 is 2.08 bits per heavy atom. The van der Waals surface area contributed by atoms with Crippen molar-refractivity contribution in [1.82, 2.24) is 5.32 Å². The van der Waals surface area contributed by atoms with Gasteiger partial charge in [-0.05, 0) is 12.6 Å². The molecule has 0 aliphatic rings. The molecular weight excluding hydrogens is 150 g/mol. The predicted molar refractivity (Wildman–Crippen MR) is 49.7 cm³/mol. The molecule has 0 saturated heterocycles. The van der Waals surface area contributed by atoms with Gasteiger partial charge in [-0.3, -0.25) is 0 Å². The van der Waals surface area contributed by atoms with E-state index in [9.17, 15) is 0 Å². The maximum atomic E-state index is 5.27. The minimum Gasteiger partial charge on any atom is -0.369 e. The standard InChI is InChI=1S/C10H14NO/c1-11-7-8-12-9-10-5-3-2-4-6-10/h2-6,9,11H,7-8H2,1H3. The minimum absolute atomic E-state index is 0.714. The summed E-state index contributed by atoms with van der Waals surface area (Å²) in [4.78, 5) is 0. The van der Waals surface area contributed by atoms with Crippen LogP contribution >= 0.6 is 0 Å². The summed E-state index contributed by atoms with van der Waals surface area (Å²) in [7, 11) is 1.91. The van der Waals surface area contributed by atoms with Crippen LogP contribution in [0.3, 0.4) is 0 Å². The van der Waals surface area contributed by atoms with Gasteiger partial charge in [0, 0.05) is 6.54 Å². The number of ether oxygens (including phenoxy) is 1. The van der Waals surface area contributed by atoms with E-state index < -0.39 is 0 Å². The molecule has 1 aromatic carbocycles. The van der Waals surface area contributed by atoms with Gasteiger partial charge in [0.25, 0.3) is 0 Å². The Hall–Kier alpha value is -0.860. The first kappa shape index (κ1) is 9.23. The first-order chi connectivity index (χ1) is 5.93. The van der Waals surface area contributed by atoms with Crippen LogP contribution in [0.4, 0.5) is 0 Å². The molecular formula is C10H14NO. The van der Waals surface area contributed by atoms with Crippen molar-refractivity contribution in [3.8, 4) is 0 Å². The van der Waals surface area contributed by atoms with Gasteiger partial charge < -0.3 is 10.1 Å². The lowest BCUT2D eigenvalue weighted by molar-refractivity contribution is 0.215. The Morgan fingerprint density at radius 3 is 2.75 bits per heavy atom. The SMILES string of the molecule is CNCCO[CH]c1ccccc1. The summed E-state index contributed by atoms with van der Waals surface area (Å²) in [5, 5.41) is 3.01. The van der Waals surface area contributed by atoms with Crippen molar-refractivity contribution in [2.24, 2.45) is 0 Å². The molecule has 1 rings (SSSR count). The molecule has 0 aliphatic carbocycles. The maximum absolute atomic E-state index is 5.27. The molecule has 0 amide bonds. The summed E-state index contributed by atoms with van der Waals surface area (Å²) in [6.07, 6.45) is 0. The van der Waals surface area contributed by atoms with Crippen LogP contribution in [0.15, 0.2) is 30.3 Å². The van der Waals surface area contributed by atoms with Crippen molar-refractivity contribution in [3.05, 3.63) is 42.5 Å². The van der Waals surface area contributed by atoms with Crippen LogP contribution in [0.5, 0.6) is 0 Å². The van der Waals surface area contributed by atoms with Crippen molar-refractivity contribution in [3.63, 3.8) is 0 Å². The van der Waals surface area contributed by atoms with Crippen molar-refractivity contribution in [2.75, 3.05) is 20.2 Å². The summed E-state index contributed by atoms with van der Waals surface area (Å²) < 4.78 is 5.27. The fourth-order valence-electron chi connectivity index (χ4n) is 0.848. The average molecular weight is 164 g/mol. The molecule has 0 spiro atoms. The molecule has 0 fully saturated rings. The molecule has 0 aliphatic heterocycles. The number of rotatable bonds is 5. The molecule has 1 radical (unpaired) electrons. The summed E-state index contributed by atoms with van der Waals surface area (Å²) in [5.41, 5.74) is 1.11. The van der Waals surface area contributed by atoms with E-state index in [4.69, 9.17) is 4.74 Å². The largest absolute Gasteiger partial charge is 0.369 e. The van der Waals surface area contributed by atoms with E-state index in [1.807, 2.05) is 37.4 Å². The zero-order valence-electron chi connectivity index (χ0n) is 7.29. The Labute approximate surface area is 73.6 Å². The van der Waals surface area contributed by atoms with Gasteiger partial charge in [-0.1, -0.05) is 30.3 Å². The Kier molecular flexibility index (Phi) is 4.42. The Balaban J connectivity index is 2.16. The van der Waals surface area contributed by atoms with E-state index in [1.165, 1.54) is 0 Å². The predicted octanol–water partition coefficient (Wildman–Crippen LogP) is 1.43. The van der Waals surface area contributed by atoms with Crippen molar-refractivity contribution in [2.45, 2.75) is 0 Å². The van der Waals surface area contributed by atoms with Gasteiger partial charge in [0.15, 0.2) is 0 Å². The summed E-state index contributed by atoms with van der Waals surface area (Å²) in [5.74, 6) is 0. The maximum Gasteiger partial charge on any atom is 0.113 e. The van der Waals surface area contributed by atoms with Gasteiger partial charge in [0.05, 0.1) is 6.61 Å². The van der Waals surface area contributed by atoms with Gasteiger partial charge in [-0.25, -0.2) is 0 Å². The van der Waals surface area contributed by atoms with E-state index >= 15 is 0 Å². The van der Waals surface area contributed by atoms with Crippen molar-refractivity contribution >= 4 is 0 Å². The summed E-state index contributed by atoms with van der Waals surface area (Å²) in [6, 6.07) is 10.0. The van der Waals surface area contributed by atoms with Crippen LogP contribution in [0.1, 0.15) is 5.56 Å². The number of benzene rings is 1. The molecule has 0 atom stereocenters. The third-order valence-electron chi connectivity index (χ3n) is 1.49. The van der Waals surface area contributed by atoms with Gasteiger partial charge in [-0.15, -0.1) is 0 Å². The monoisotopic (exact) mass is 164 g/mol. The topological polar surface area (TPSA) is 21.3 Å². The molecule has 0 heterocycles. The molecule has 0 saturated carbocycles. The third-order valence-corrected chi connectivity index (χ3v) is 1.49. The van der Waals surface area contributed by atoms with Gasteiger partial charge >= 0.3 is 0 Å². The van der Waals surface area contributed by atoms with E-state index in [2.05, 4.69) is 5.32 Å². The highest BCUT2D eigenvalue weighted by Gasteiger charge is 1.90. The number of hydrogen-bond acceptors (Lipinski definition) is 2. The normalized spacial score (nSPS) is 10.1. The molecule has 65 valence electrons. The van der Waals surface area contributed by atoms with E-state index in [0.29, 0.717) is 6.61 Å². The number of nitrogens with one attached hydrogen (secondary N) is 1. The first-order valence-corrected chi connectivity index (χ1v) is 4.08. The highest BCUT2D eigenvalue weighted by atomic mass is 16.5. The molecule has 0 bridgehead atoms. The van der Waals surface area contributed by atoms with Crippen LogP contribution in [-0.4, -0.2) is 20.2 Å². The average Bonchev–Trinajstić information content (AvgIpc) is 2.14. The lowest BCUT2D eigenvalue weighted by Crippen LogP contribution is -2.13.